The average molecular weight is 361 g/mol. The Morgan fingerprint density at radius 3 is 2.68 bits per heavy atom. The predicted octanol–water partition coefficient (Wildman–Crippen LogP) is 3.14. The lowest BCUT2D eigenvalue weighted by Gasteiger charge is -2.33. The van der Waals surface area contributed by atoms with E-state index in [1.807, 2.05) is 24.3 Å². The summed E-state index contributed by atoms with van der Waals surface area (Å²) in [6.45, 7) is 3.52. The standard InChI is InChI=1S/C19H21ClN2O3/c20-16-6-3-15(4-7-16)5-8-19(23)21-14-17(18-2-1-11-25-18)22-9-12-24-13-10-22/h1-8,11,17H,9-10,12-14H2,(H,21,23)/b8-5+/t17-/m0/s1. The topological polar surface area (TPSA) is 54.7 Å². The van der Waals surface area contributed by atoms with E-state index in [2.05, 4.69) is 10.2 Å². The summed E-state index contributed by atoms with van der Waals surface area (Å²) in [6, 6.07) is 11.1. The zero-order chi connectivity index (χ0) is 17.5. The molecule has 0 bridgehead atoms. The summed E-state index contributed by atoms with van der Waals surface area (Å²) in [5.74, 6) is 0.712. The minimum Gasteiger partial charge on any atom is -0.468 e. The van der Waals surface area contributed by atoms with Crippen molar-refractivity contribution in [3.8, 4) is 0 Å². The number of nitrogens with one attached hydrogen (secondary N) is 1. The van der Waals surface area contributed by atoms with Crippen LogP contribution in [-0.4, -0.2) is 43.7 Å². The molecule has 1 aromatic carbocycles. The van der Waals surface area contributed by atoms with Gasteiger partial charge < -0.3 is 14.5 Å². The van der Waals surface area contributed by atoms with Crippen molar-refractivity contribution >= 4 is 23.6 Å². The van der Waals surface area contributed by atoms with Crippen LogP contribution in [0.2, 0.25) is 5.02 Å². The third-order valence-corrected chi connectivity index (χ3v) is 4.38. The van der Waals surface area contributed by atoms with Gasteiger partial charge in [-0.1, -0.05) is 23.7 Å². The van der Waals surface area contributed by atoms with Crippen molar-refractivity contribution in [2.45, 2.75) is 6.04 Å². The highest BCUT2D eigenvalue weighted by atomic mass is 35.5. The van der Waals surface area contributed by atoms with Gasteiger partial charge in [-0.25, -0.2) is 0 Å². The third-order valence-electron chi connectivity index (χ3n) is 4.12. The molecule has 6 heteroatoms. The third kappa shape index (κ3) is 5.19. The normalized spacial score (nSPS) is 16.8. The average Bonchev–Trinajstić information content (AvgIpc) is 3.17. The molecule has 25 heavy (non-hydrogen) atoms. The van der Waals surface area contributed by atoms with Gasteiger partial charge in [0, 0.05) is 30.7 Å². The van der Waals surface area contributed by atoms with E-state index in [0.717, 1.165) is 24.4 Å². The van der Waals surface area contributed by atoms with Crippen LogP contribution in [0, 0.1) is 0 Å². The molecule has 1 fully saturated rings. The summed E-state index contributed by atoms with van der Waals surface area (Å²) < 4.78 is 11.0. The molecule has 1 saturated heterocycles. The maximum absolute atomic E-state index is 12.1. The molecule has 1 N–H and O–H groups in total. The van der Waals surface area contributed by atoms with Gasteiger partial charge in [0.1, 0.15) is 5.76 Å². The minimum absolute atomic E-state index is 0.00628. The summed E-state index contributed by atoms with van der Waals surface area (Å²) >= 11 is 5.86. The number of hydrogen-bond acceptors (Lipinski definition) is 4. The molecule has 2 heterocycles. The molecule has 5 nitrogen and oxygen atoms in total. The zero-order valence-corrected chi connectivity index (χ0v) is 14.6. The highest BCUT2D eigenvalue weighted by Crippen LogP contribution is 2.21. The molecular weight excluding hydrogens is 340 g/mol. The molecule has 1 aliphatic heterocycles. The molecule has 0 spiro atoms. The number of hydrogen-bond donors (Lipinski definition) is 1. The van der Waals surface area contributed by atoms with Crippen molar-refractivity contribution in [2.24, 2.45) is 0 Å². The van der Waals surface area contributed by atoms with Crippen LogP contribution in [0.3, 0.4) is 0 Å². The van der Waals surface area contributed by atoms with E-state index >= 15 is 0 Å². The number of furan rings is 1. The van der Waals surface area contributed by atoms with Crippen molar-refractivity contribution in [1.29, 1.82) is 0 Å². The van der Waals surface area contributed by atoms with Crippen molar-refractivity contribution in [1.82, 2.24) is 10.2 Å². The van der Waals surface area contributed by atoms with E-state index in [0.29, 0.717) is 24.8 Å². The van der Waals surface area contributed by atoms with Crippen LogP contribution in [0.1, 0.15) is 17.4 Å². The Labute approximate surface area is 152 Å². The van der Waals surface area contributed by atoms with Gasteiger partial charge in [0.25, 0.3) is 0 Å². The van der Waals surface area contributed by atoms with Crippen molar-refractivity contribution < 1.29 is 13.9 Å². The number of carbonyl (C=O) groups is 1. The Balaban J connectivity index is 1.58. The number of nitrogens with zero attached hydrogens (tertiary/aromatic N) is 1. The largest absolute Gasteiger partial charge is 0.468 e. The lowest BCUT2D eigenvalue weighted by molar-refractivity contribution is -0.116. The number of halogens is 1. The monoisotopic (exact) mass is 360 g/mol. The first-order chi connectivity index (χ1) is 12.2. The van der Waals surface area contributed by atoms with Crippen molar-refractivity contribution in [2.75, 3.05) is 32.8 Å². The van der Waals surface area contributed by atoms with Crippen LogP contribution >= 0.6 is 11.6 Å². The first-order valence-corrected chi connectivity index (χ1v) is 8.67. The maximum atomic E-state index is 12.1. The molecule has 0 unspecified atom stereocenters. The van der Waals surface area contributed by atoms with Crippen LogP contribution in [-0.2, 0) is 9.53 Å². The molecular formula is C19H21ClN2O3. The first kappa shape index (κ1) is 17.7. The van der Waals surface area contributed by atoms with Crippen LogP contribution in [0.25, 0.3) is 6.08 Å². The Bertz CT molecular complexity index is 692. The smallest absolute Gasteiger partial charge is 0.244 e. The van der Waals surface area contributed by atoms with Crippen molar-refractivity contribution in [3.63, 3.8) is 0 Å². The van der Waals surface area contributed by atoms with E-state index in [9.17, 15) is 4.79 Å². The lowest BCUT2D eigenvalue weighted by Crippen LogP contribution is -2.43. The summed E-state index contributed by atoms with van der Waals surface area (Å²) in [7, 11) is 0. The van der Waals surface area contributed by atoms with Gasteiger partial charge in [-0.2, -0.15) is 0 Å². The second-order valence-electron chi connectivity index (χ2n) is 5.81. The van der Waals surface area contributed by atoms with Gasteiger partial charge >= 0.3 is 0 Å². The quantitative estimate of drug-likeness (QED) is 0.804. The Hall–Kier alpha value is -2.08. The number of rotatable bonds is 6. The van der Waals surface area contributed by atoms with Crippen molar-refractivity contribution in [3.05, 3.63) is 65.1 Å². The fourth-order valence-corrected chi connectivity index (χ4v) is 2.91. The second kappa shape index (κ2) is 8.85. The lowest BCUT2D eigenvalue weighted by atomic mass is 10.1. The Kier molecular flexibility index (Phi) is 6.28. The Morgan fingerprint density at radius 1 is 1.24 bits per heavy atom. The van der Waals surface area contributed by atoms with Gasteiger partial charge in [-0.15, -0.1) is 0 Å². The molecule has 1 aromatic heterocycles. The highest BCUT2D eigenvalue weighted by Gasteiger charge is 2.24. The summed E-state index contributed by atoms with van der Waals surface area (Å²) in [4.78, 5) is 14.4. The number of morpholine rings is 1. The van der Waals surface area contributed by atoms with Gasteiger partial charge in [0.2, 0.25) is 5.91 Å². The maximum Gasteiger partial charge on any atom is 0.244 e. The Morgan fingerprint density at radius 2 is 2.00 bits per heavy atom. The summed E-state index contributed by atoms with van der Waals surface area (Å²) in [6.07, 6.45) is 4.95. The fraction of sp³-hybridized carbons (Fsp3) is 0.316. The number of amides is 1. The predicted molar refractivity (Wildman–Crippen MR) is 97.3 cm³/mol. The van der Waals surface area contributed by atoms with Gasteiger partial charge in [0.15, 0.2) is 0 Å². The van der Waals surface area contributed by atoms with Crippen LogP contribution in [0.15, 0.2) is 53.2 Å². The zero-order valence-electron chi connectivity index (χ0n) is 13.9. The summed E-state index contributed by atoms with van der Waals surface area (Å²) in [5.41, 5.74) is 0.926. The number of carbonyl (C=O) groups excluding carboxylic acids is 1. The van der Waals surface area contributed by atoms with E-state index in [4.69, 9.17) is 20.8 Å². The molecule has 3 rings (SSSR count). The molecule has 0 radical (unpaired) electrons. The molecule has 2 aromatic rings. The molecule has 0 saturated carbocycles. The SMILES string of the molecule is O=C(/C=C/c1ccc(Cl)cc1)NC[C@@H](c1ccco1)N1CCOCC1. The van der Waals surface area contributed by atoms with Crippen LogP contribution < -0.4 is 5.32 Å². The molecule has 132 valence electrons. The first-order valence-electron chi connectivity index (χ1n) is 8.29. The summed E-state index contributed by atoms with van der Waals surface area (Å²) in [5, 5.41) is 3.63. The number of ether oxygens (including phenoxy) is 1. The molecule has 1 aliphatic rings. The van der Waals surface area contributed by atoms with Crippen LogP contribution in [0.4, 0.5) is 0 Å². The number of benzene rings is 1. The van der Waals surface area contributed by atoms with E-state index in [-0.39, 0.29) is 11.9 Å². The van der Waals surface area contributed by atoms with E-state index in [1.165, 1.54) is 6.08 Å². The van der Waals surface area contributed by atoms with Gasteiger partial charge in [0.05, 0.1) is 25.5 Å². The highest BCUT2D eigenvalue weighted by molar-refractivity contribution is 6.30. The van der Waals surface area contributed by atoms with E-state index in [1.54, 1.807) is 24.5 Å². The second-order valence-corrected chi connectivity index (χ2v) is 6.25. The van der Waals surface area contributed by atoms with Gasteiger partial charge in [-0.3, -0.25) is 9.69 Å². The molecule has 1 atom stereocenters. The molecule has 1 amide bonds. The van der Waals surface area contributed by atoms with Gasteiger partial charge in [-0.05, 0) is 35.9 Å². The molecule has 0 aliphatic carbocycles. The van der Waals surface area contributed by atoms with E-state index < -0.39 is 0 Å². The van der Waals surface area contributed by atoms with Crippen LogP contribution in [0.5, 0.6) is 0 Å². The minimum atomic E-state index is -0.139. The fourth-order valence-electron chi connectivity index (χ4n) is 2.78.